The van der Waals surface area contributed by atoms with Crippen molar-refractivity contribution in [3.8, 4) is 0 Å². The smallest absolute Gasteiger partial charge is 0.256 e. The number of rotatable bonds is 4. The van der Waals surface area contributed by atoms with Gasteiger partial charge in [0.25, 0.3) is 5.91 Å². The Morgan fingerprint density at radius 1 is 1.29 bits per heavy atom. The molecule has 1 aromatic heterocycles. The molecule has 5 nitrogen and oxygen atoms in total. The minimum absolute atomic E-state index is 0.0906. The molecule has 1 heterocycles. The summed E-state index contributed by atoms with van der Waals surface area (Å²) in [6.07, 6.45) is 4.98. The van der Waals surface area contributed by atoms with Gasteiger partial charge in [-0.2, -0.15) is 10.2 Å². The van der Waals surface area contributed by atoms with E-state index in [1.54, 1.807) is 0 Å². The van der Waals surface area contributed by atoms with Gasteiger partial charge in [0.05, 0.1) is 17.0 Å². The molecule has 0 spiro atoms. The Labute approximate surface area is 126 Å². The summed E-state index contributed by atoms with van der Waals surface area (Å²) < 4.78 is 0. The summed E-state index contributed by atoms with van der Waals surface area (Å²) in [5.41, 5.74) is 8.16. The van der Waals surface area contributed by atoms with Crippen molar-refractivity contribution in [2.45, 2.75) is 65.0 Å². The molecule has 116 valence electrons. The Balaban J connectivity index is 2.20. The minimum atomic E-state index is 0.0906. The number of aryl methyl sites for hydroxylation is 2. The maximum atomic E-state index is 12.9. The van der Waals surface area contributed by atoms with Crippen LogP contribution in [0.15, 0.2) is 6.07 Å². The van der Waals surface area contributed by atoms with E-state index in [4.69, 9.17) is 5.73 Å². The second-order valence-corrected chi connectivity index (χ2v) is 6.05. The molecule has 0 unspecified atom stereocenters. The van der Waals surface area contributed by atoms with Crippen LogP contribution in [0.5, 0.6) is 0 Å². The van der Waals surface area contributed by atoms with Crippen LogP contribution in [0.4, 0.5) is 0 Å². The van der Waals surface area contributed by atoms with Gasteiger partial charge in [0.1, 0.15) is 0 Å². The van der Waals surface area contributed by atoms with E-state index in [0.29, 0.717) is 23.3 Å². The molecule has 0 bridgehead atoms. The first-order chi connectivity index (χ1) is 10.0. The molecule has 0 atom stereocenters. The predicted octanol–water partition coefficient (Wildman–Crippen LogP) is 2.22. The number of carbonyl (C=O) groups excluding carboxylic acids is 1. The summed E-state index contributed by atoms with van der Waals surface area (Å²) in [5.74, 6) is 0.0906. The van der Waals surface area contributed by atoms with Gasteiger partial charge >= 0.3 is 0 Å². The summed E-state index contributed by atoms with van der Waals surface area (Å²) in [6, 6.07) is 2.46. The Kier molecular flexibility index (Phi) is 5.28. The van der Waals surface area contributed by atoms with Crippen molar-refractivity contribution in [2.75, 3.05) is 6.54 Å². The lowest BCUT2D eigenvalue weighted by molar-refractivity contribution is 0.0625. The van der Waals surface area contributed by atoms with Crippen LogP contribution in [0.3, 0.4) is 0 Å². The maximum Gasteiger partial charge on any atom is 0.256 e. The van der Waals surface area contributed by atoms with E-state index in [9.17, 15) is 4.79 Å². The third kappa shape index (κ3) is 3.79. The molecule has 21 heavy (non-hydrogen) atoms. The molecular formula is C16H26N4O. The number of hydrogen-bond donors (Lipinski definition) is 1. The maximum absolute atomic E-state index is 12.9. The van der Waals surface area contributed by atoms with Crippen molar-refractivity contribution in [1.29, 1.82) is 0 Å². The largest absolute Gasteiger partial charge is 0.336 e. The Morgan fingerprint density at radius 3 is 2.57 bits per heavy atom. The van der Waals surface area contributed by atoms with Crippen LogP contribution >= 0.6 is 0 Å². The third-order valence-electron chi connectivity index (χ3n) is 4.24. The topological polar surface area (TPSA) is 72.1 Å². The van der Waals surface area contributed by atoms with Gasteiger partial charge in [-0.05, 0) is 52.0 Å². The number of nitrogens with zero attached hydrogens (tertiary/aromatic N) is 3. The minimum Gasteiger partial charge on any atom is -0.336 e. The number of carbonyl (C=O) groups is 1. The SMILES string of the molecule is CCCN(C(=O)c1cc(C)nnc1C)C1CCC(N)CC1. The van der Waals surface area contributed by atoms with E-state index in [2.05, 4.69) is 17.1 Å². The number of amides is 1. The normalized spacial score (nSPS) is 22.1. The zero-order valence-corrected chi connectivity index (χ0v) is 13.3. The first kappa shape index (κ1) is 15.9. The van der Waals surface area contributed by atoms with Gasteiger partial charge in [-0.25, -0.2) is 0 Å². The monoisotopic (exact) mass is 290 g/mol. The highest BCUT2D eigenvalue weighted by molar-refractivity contribution is 5.95. The molecule has 1 amide bonds. The van der Waals surface area contributed by atoms with E-state index >= 15 is 0 Å². The van der Waals surface area contributed by atoms with Crippen molar-refractivity contribution in [3.63, 3.8) is 0 Å². The van der Waals surface area contributed by atoms with Gasteiger partial charge in [-0.3, -0.25) is 4.79 Å². The average Bonchev–Trinajstić information content (AvgIpc) is 2.48. The molecule has 0 radical (unpaired) electrons. The van der Waals surface area contributed by atoms with Crippen LogP contribution < -0.4 is 5.73 Å². The second kappa shape index (κ2) is 6.98. The standard InChI is InChI=1S/C16H26N4O/c1-4-9-20(14-7-5-13(17)6-8-14)16(21)15-10-11(2)18-19-12(15)3/h10,13-14H,4-9,17H2,1-3H3. The Morgan fingerprint density at radius 2 is 1.95 bits per heavy atom. The summed E-state index contributed by atoms with van der Waals surface area (Å²) >= 11 is 0. The van der Waals surface area contributed by atoms with Crippen molar-refractivity contribution >= 4 is 5.91 Å². The van der Waals surface area contributed by atoms with Crippen molar-refractivity contribution in [3.05, 3.63) is 23.0 Å². The van der Waals surface area contributed by atoms with Crippen LogP contribution in [-0.4, -0.2) is 39.6 Å². The van der Waals surface area contributed by atoms with Crippen molar-refractivity contribution < 1.29 is 4.79 Å². The lowest BCUT2D eigenvalue weighted by Crippen LogP contribution is -2.45. The Hall–Kier alpha value is -1.49. The van der Waals surface area contributed by atoms with Crippen LogP contribution in [0.25, 0.3) is 0 Å². The molecule has 2 N–H and O–H groups in total. The van der Waals surface area contributed by atoms with Gasteiger partial charge < -0.3 is 10.6 Å². The summed E-state index contributed by atoms with van der Waals surface area (Å²) in [7, 11) is 0. The molecule has 1 fully saturated rings. The number of nitrogens with two attached hydrogens (primary N) is 1. The van der Waals surface area contributed by atoms with E-state index in [1.165, 1.54) is 0 Å². The molecule has 0 aromatic carbocycles. The molecule has 1 saturated carbocycles. The molecule has 2 rings (SSSR count). The molecule has 1 aliphatic carbocycles. The summed E-state index contributed by atoms with van der Waals surface area (Å²) in [4.78, 5) is 14.9. The van der Waals surface area contributed by atoms with Gasteiger partial charge in [0, 0.05) is 18.6 Å². The van der Waals surface area contributed by atoms with Gasteiger partial charge in [-0.15, -0.1) is 0 Å². The summed E-state index contributed by atoms with van der Waals surface area (Å²) in [6.45, 7) is 6.62. The van der Waals surface area contributed by atoms with E-state index in [0.717, 1.165) is 44.3 Å². The molecular weight excluding hydrogens is 264 g/mol. The van der Waals surface area contributed by atoms with Crippen LogP contribution in [0, 0.1) is 13.8 Å². The summed E-state index contributed by atoms with van der Waals surface area (Å²) in [5, 5.41) is 8.09. The Bertz CT molecular complexity index is 495. The highest BCUT2D eigenvalue weighted by atomic mass is 16.2. The van der Waals surface area contributed by atoms with Crippen LogP contribution in [0.1, 0.15) is 60.8 Å². The average molecular weight is 290 g/mol. The number of aromatic nitrogens is 2. The third-order valence-corrected chi connectivity index (χ3v) is 4.24. The van der Waals surface area contributed by atoms with Crippen LogP contribution in [0.2, 0.25) is 0 Å². The molecule has 1 aromatic rings. The first-order valence-corrected chi connectivity index (χ1v) is 7.90. The first-order valence-electron chi connectivity index (χ1n) is 7.90. The molecule has 1 aliphatic rings. The second-order valence-electron chi connectivity index (χ2n) is 6.05. The number of hydrogen-bond acceptors (Lipinski definition) is 4. The molecule has 5 heteroatoms. The van der Waals surface area contributed by atoms with Crippen LogP contribution in [-0.2, 0) is 0 Å². The zero-order valence-electron chi connectivity index (χ0n) is 13.3. The van der Waals surface area contributed by atoms with Gasteiger partial charge in [-0.1, -0.05) is 6.92 Å². The fraction of sp³-hybridized carbons (Fsp3) is 0.688. The van der Waals surface area contributed by atoms with Gasteiger partial charge in [0.15, 0.2) is 0 Å². The quantitative estimate of drug-likeness (QED) is 0.923. The van der Waals surface area contributed by atoms with Crippen molar-refractivity contribution in [1.82, 2.24) is 15.1 Å². The van der Waals surface area contributed by atoms with Gasteiger partial charge in [0.2, 0.25) is 0 Å². The predicted molar refractivity (Wildman–Crippen MR) is 83.1 cm³/mol. The highest BCUT2D eigenvalue weighted by Crippen LogP contribution is 2.24. The van der Waals surface area contributed by atoms with E-state index in [1.807, 2.05) is 24.8 Å². The zero-order chi connectivity index (χ0) is 15.4. The molecule has 0 saturated heterocycles. The molecule has 0 aliphatic heterocycles. The lowest BCUT2D eigenvalue weighted by atomic mass is 9.90. The van der Waals surface area contributed by atoms with E-state index < -0.39 is 0 Å². The van der Waals surface area contributed by atoms with Crippen molar-refractivity contribution in [2.24, 2.45) is 5.73 Å². The fourth-order valence-electron chi connectivity index (χ4n) is 3.03. The van der Waals surface area contributed by atoms with E-state index in [-0.39, 0.29) is 5.91 Å². The highest BCUT2D eigenvalue weighted by Gasteiger charge is 2.28. The fourth-order valence-corrected chi connectivity index (χ4v) is 3.03. The lowest BCUT2D eigenvalue weighted by Gasteiger charge is -2.36.